The average Bonchev–Trinajstić information content (AvgIpc) is 2.21. The van der Waals surface area contributed by atoms with Crippen molar-refractivity contribution >= 4 is 6.41 Å². The van der Waals surface area contributed by atoms with Crippen LogP contribution in [0.15, 0.2) is 0 Å². The zero-order chi connectivity index (χ0) is 7.24. The monoisotopic (exact) mass is 139 g/mol. The van der Waals surface area contributed by atoms with Gasteiger partial charge in [-0.25, -0.2) is 0 Å². The summed E-state index contributed by atoms with van der Waals surface area (Å²) in [5.74, 6) is 0. The third-order valence-corrected chi connectivity index (χ3v) is 3.10. The van der Waals surface area contributed by atoms with Gasteiger partial charge >= 0.3 is 0 Å². The van der Waals surface area contributed by atoms with Gasteiger partial charge in [-0.3, -0.25) is 4.79 Å². The van der Waals surface area contributed by atoms with Crippen LogP contribution in [0.2, 0.25) is 0 Å². The lowest BCUT2D eigenvalue weighted by molar-refractivity contribution is -0.112. The molecule has 0 radical (unpaired) electrons. The second kappa shape index (κ2) is 1.55. The molecule has 0 aromatic carbocycles. The summed E-state index contributed by atoms with van der Waals surface area (Å²) < 4.78 is 0. The zero-order valence-electron chi connectivity index (χ0n) is 6.31. The van der Waals surface area contributed by atoms with Gasteiger partial charge in [-0.1, -0.05) is 6.92 Å². The van der Waals surface area contributed by atoms with E-state index >= 15 is 0 Å². The summed E-state index contributed by atoms with van der Waals surface area (Å²) in [5.41, 5.74) is 0.812. The molecule has 1 amide bonds. The van der Waals surface area contributed by atoms with E-state index in [9.17, 15) is 4.79 Å². The van der Waals surface area contributed by atoms with Crippen molar-refractivity contribution in [3.8, 4) is 0 Å². The Hall–Kier alpha value is -0.530. The second-order valence-electron chi connectivity index (χ2n) is 4.21. The van der Waals surface area contributed by atoms with E-state index < -0.39 is 0 Å². The molecule has 56 valence electrons. The molecule has 0 aromatic rings. The van der Waals surface area contributed by atoms with E-state index in [1.54, 1.807) is 0 Å². The molecule has 3 aliphatic carbocycles. The van der Waals surface area contributed by atoms with Crippen LogP contribution in [0.4, 0.5) is 0 Å². The highest BCUT2D eigenvalue weighted by molar-refractivity contribution is 5.49. The van der Waals surface area contributed by atoms with Crippen LogP contribution in [-0.2, 0) is 4.79 Å². The standard InChI is InChI=1S/C8H13NO/c1-7-2-3-8(4-7,5-7)9-6-10/h6H,2-5H2,1H3,(H,9,10). The molecule has 0 saturated heterocycles. The van der Waals surface area contributed by atoms with Gasteiger partial charge in [0.25, 0.3) is 0 Å². The van der Waals surface area contributed by atoms with Crippen LogP contribution >= 0.6 is 0 Å². The number of hydrogen-bond acceptors (Lipinski definition) is 1. The molecule has 0 unspecified atom stereocenters. The maximum absolute atomic E-state index is 10.2. The Morgan fingerprint density at radius 2 is 2.10 bits per heavy atom. The summed E-state index contributed by atoms with van der Waals surface area (Å²) in [6, 6.07) is 0. The minimum Gasteiger partial charge on any atom is -0.353 e. The first-order chi connectivity index (χ1) is 4.68. The first-order valence-electron chi connectivity index (χ1n) is 3.90. The third-order valence-electron chi connectivity index (χ3n) is 3.10. The van der Waals surface area contributed by atoms with Crippen LogP contribution in [0.25, 0.3) is 0 Å². The van der Waals surface area contributed by atoms with Crippen molar-refractivity contribution < 1.29 is 4.79 Å². The molecule has 0 heterocycles. The van der Waals surface area contributed by atoms with Crippen molar-refractivity contribution in [2.45, 2.75) is 38.1 Å². The summed E-state index contributed by atoms with van der Waals surface area (Å²) in [5, 5.41) is 2.93. The van der Waals surface area contributed by atoms with E-state index in [2.05, 4.69) is 12.2 Å². The molecule has 3 fully saturated rings. The Morgan fingerprint density at radius 1 is 1.40 bits per heavy atom. The lowest BCUT2D eigenvalue weighted by Crippen LogP contribution is -2.52. The van der Waals surface area contributed by atoms with E-state index in [1.165, 1.54) is 25.7 Å². The van der Waals surface area contributed by atoms with Gasteiger partial charge in [0.05, 0.1) is 0 Å². The van der Waals surface area contributed by atoms with Crippen molar-refractivity contribution in [1.82, 2.24) is 5.32 Å². The number of carbonyl (C=O) groups is 1. The Morgan fingerprint density at radius 3 is 2.50 bits per heavy atom. The first kappa shape index (κ1) is 6.20. The Kier molecular flexibility index (Phi) is 0.960. The molecule has 2 bridgehead atoms. The molecule has 2 nitrogen and oxygen atoms in total. The molecule has 10 heavy (non-hydrogen) atoms. The third kappa shape index (κ3) is 0.619. The molecule has 1 N–H and O–H groups in total. The Labute approximate surface area is 61.0 Å². The topological polar surface area (TPSA) is 29.1 Å². The molecular weight excluding hydrogens is 126 g/mol. The number of nitrogens with one attached hydrogen (secondary N) is 1. The minimum absolute atomic E-state index is 0.233. The summed E-state index contributed by atoms with van der Waals surface area (Å²) in [6.07, 6.45) is 5.76. The summed E-state index contributed by atoms with van der Waals surface area (Å²) in [7, 11) is 0. The van der Waals surface area contributed by atoms with Crippen molar-refractivity contribution in [2.24, 2.45) is 5.41 Å². The van der Waals surface area contributed by atoms with Gasteiger partial charge in [0, 0.05) is 5.54 Å². The van der Waals surface area contributed by atoms with Gasteiger partial charge in [-0.05, 0) is 31.1 Å². The zero-order valence-corrected chi connectivity index (χ0v) is 6.31. The van der Waals surface area contributed by atoms with Crippen molar-refractivity contribution in [2.75, 3.05) is 0 Å². The molecule has 3 aliphatic rings. The van der Waals surface area contributed by atoms with E-state index in [1.807, 2.05) is 0 Å². The molecule has 0 spiro atoms. The Bertz CT molecular complexity index is 170. The smallest absolute Gasteiger partial charge is 0.207 e. The number of amides is 1. The SMILES string of the molecule is CC12CCC(NC=O)(C1)C2. The second-order valence-corrected chi connectivity index (χ2v) is 4.21. The number of carbonyl (C=O) groups excluding carboxylic acids is 1. The fraction of sp³-hybridized carbons (Fsp3) is 0.875. The predicted molar refractivity (Wildman–Crippen MR) is 38.5 cm³/mol. The van der Waals surface area contributed by atoms with Gasteiger partial charge in [0.2, 0.25) is 6.41 Å². The molecule has 2 heteroatoms. The molecule has 3 rings (SSSR count). The van der Waals surface area contributed by atoms with Crippen LogP contribution in [0.3, 0.4) is 0 Å². The van der Waals surface area contributed by atoms with E-state index in [-0.39, 0.29) is 5.54 Å². The van der Waals surface area contributed by atoms with Gasteiger partial charge < -0.3 is 5.32 Å². The maximum Gasteiger partial charge on any atom is 0.207 e. The summed E-state index contributed by atoms with van der Waals surface area (Å²) in [4.78, 5) is 10.2. The van der Waals surface area contributed by atoms with E-state index in [0.29, 0.717) is 5.41 Å². The largest absolute Gasteiger partial charge is 0.353 e. The summed E-state index contributed by atoms with van der Waals surface area (Å²) >= 11 is 0. The molecule has 0 atom stereocenters. The van der Waals surface area contributed by atoms with E-state index in [0.717, 1.165) is 6.41 Å². The lowest BCUT2D eigenvalue weighted by Gasteiger charge is -2.45. The number of fused-ring (bicyclic) bond motifs is 1. The summed E-state index contributed by atoms with van der Waals surface area (Å²) in [6.45, 7) is 2.31. The van der Waals surface area contributed by atoms with Crippen molar-refractivity contribution in [1.29, 1.82) is 0 Å². The van der Waals surface area contributed by atoms with Gasteiger partial charge in [0.1, 0.15) is 0 Å². The van der Waals surface area contributed by atoms with Gasteiger partial charge in [-0.15, -0.1) is 0 Å². The van der Waals surface area contributed by atoms with Crippen LogP contribution in [0, 0.1) is 5.41 Å². The Balaban J connectivity index is 2.06. The highest BCUT2D eigenvalue weighted by Crippen LogP contribution is 2.60. The number of hydrogen-bond donors (Lipinski definition) is 1. The van der Waals surface area contributed by atoms with Crippen molar-refractivity contribution in [3.05, 3.63) is 0 Å². The molecule has 0 aliphatic heterocycles. The van der Waals surface area contributed by atoms with Crippen LogP contribution in [0.1, 0.15) is 32.6 Å². The molecular formula is C8H13NO. The van der Waals surface area contributed by atoms with E-state index in [4.69, 9.17) is 0 Å². The van der Waals surface area contributed by atoms with Gasteiger partial charge in [-0.2, -0.15) is 0 Å². The fourth-order valence-corrected chi connectivity index (χ4v) is 2.78. The molecule has 0 aromatic heterocycles. The maximum atomic E-state index is 10.2. The predicted octanol–water partition coefficient (Wildman–Crippen LogP) is 1.07. The highest BCUT2D eigenvalue weighted by atomic mass is 16.1. The fourth-order valence-electron chi connectivity index (χ4n) is 2.78. The van der Waals surface area contributed by atoms with Crippen LogP contribution < -0.4 is 5.32 Å². The first-order valence-corrected chi connectivity index (χ1v) is 3.90. The molecule has 3 saturated carbocycles. The normalized spacial score (nSPS) is 50.1. The average molecular weight is 139 g/mol. The minimum atomic E-state index is 0.233. The highest BCUT2D eigenvalue weighted by Gasteiger charge is 2.57. The van der Waals surface area contributed by atoms with Gasteiger partial charge in [0.15, 0.2) is 0 Å². The van der Waals surface area contributed by atoms with Crippen LogP contribution in [-0.4, -0.2) is 11.9 Å². The quantitative estimate of drug-likeness (QED) is 0.569. The van der Waals surface area contributed by atoms with Crippen molar-refractivity contribution in [3.63, 3.8) is 0 Å². The van der Waals surface area contributed by atoms with Crippen LogP contribution in [0.5, 0.6) is 0 Å². The number of rotatable bonds is 2. The lowest BCUT2D eigenvalue weighted by atomic mass is 9.66.